The summed E-state index contributed by atoms with van der Waals surface area (Å²) in [6.07, 6.45) is 2.48. The van der Waals surface area contributed by atoms with Crippen LogP contribution >= 0.6 is 11.8 Å². The van der Waals surface area contributed by atoms with Gasteiger partial charge in [-0.05, 0) is 42.0 Å². The zero-order valence-corrected chi connectivity index (χ0v) is 10.9. The summed E-state index contributed by atoms with van der Waals surface area (Å²) >= 11 is 1.67. The number of azide groups is 1. The van der Waals surface area contributed by atoms with Crippen molar-refractivity contribution in [3.8, 4) is 0 Å². The molecule has 0 aliphatic carbocycles. The first kappa shape index (κ1) is 12.8. The van der Waals surface area contributed by atoms with Crippen molar-refractivity contribution in [3.63, 3.8) is 0 Å². The number of hydrogen-bond donors (Lipinski definition) is 0. The summed E-state index contributed by atoms with van der Waals surface area (Å²) in [7, 11) is 0. The van der Waals surface area contributed by atoms with Gasteiger partial charge >= 0.3 is 0 Å². The first-order valence-corrected chi connectivity index (χ1v) is 6.92. The van der Waals surface area contributed by atoms with Gasteiger partial charge in [-0.25, -0.2) is 0 Å². The Balaban J connectivity index is 2.08. The third kappa shape index (κ3) is 2.78. The molecule has 1 aromatic rings. The van der Waals surface area contributed by atoms with Crippen LogP contribution in [0.25, 0.3) is 10.4 Å². The van der Waals surface area contributed by atoms with Gasteiger partial charge in [-0.1, -0.05) is 5.11 Å². The van der Waals surface area contributed by atoms with Crippen LogP contribution in [0.2, 0.25) is 0 Å². The van der Waals surface area contributed by atoms with Crippen molar-refractivity contribution in [2.24, 2.45) is 11.0 Å². The maximum atomic E-state index is 11.9. The molecule has 1 amide bonds. The van der Waals surface area contributed by atoms with E-state index < -0.39 is 0 Å². The SMILES string of the molecule is CSc1ccc(N2CC(CN=[N+]=[N-])CC2=O)cc1. The molecule has 0 bridgehead atoms. The van der Waals surface area contributed by atoms with Gasteiger partial charge in [0, 0.05) is 35.0 Å². The Morgan fingerprint density at radius 3 is 2.83 bits per heavy atom. The van der Waals surface area contributed by atoms with Gasteiger partial charge in [-0.2, -0.15) is 0 Å². The minimum absolute atomic E-state index is 0.102. The Morgan fingerprint density at radius 2 is 2.22 bits per heavy atom. The van der Waals surface area contributed by atoms with Crippen LogP contribution in [0.4, 0.5) is 5.69 Å². The van der Waals surface area contributed by atoms with Gasteiger partial charge in [-0.3, -0.25) is 4.79 Å². The molecule has 0 N–H and O–H groups in total. The largest absolute Gasteiger partial charge is 0.312 e. The van der Waals surface area contributed by atoms with Crippen molar-refractivity contribution in [1.82, 2.24) is 0 Å². The van der Waals surface area contributed by atoms with Crippen LogP contribution < -0.4 is 4.90 Å². The lowest BCUT2D eigenvalue weighted by molar-refractivity contribution is -0.117. The first-order chi connectivity index (χ1) is 8.74. The molecule has 1 unspecified atom stereocenters. The molecule has 0 radical (unpaired) electrons. The molecule has 1 saturated heterocycles. The smallest absolute Gasteiger partial charge is 0.227 e. The Morgan fingerprint density at radius 1 is 1.50 bits per heavy atom. The van der Waals surface area contributed by atoms with Crippen LogP contribution in [-0.2, 0) is 4.79 Å². The highest BCUT2D eigenvalue weighted by molar-refractivity contribution is 7.98. The van der Waals surface area contributed by atoms with Gasteiger partial charge in [0.05, 0.1) is 0 Å². The van der Waals surface area contributed by atoms with E-state index in [-0.39, 0.29) is 11.8 Å². The van der Waals surface area contributed by atoms with E-state index in [0.717, 1.165) is 5.69 Å². The monoisotopic (exact) mass is 262 g/mol. The second-order valence-electron chi connectivity index (χ2n) is 4.19. The van der Waals surface area contributed by atoms with E-state index in [0.29, 0.717) is 19.5 Å². The van der Waals surface area contributed by atoms with Crippen molar-refractivity contribution < 1.29 is 4.79 Å². The molecule has 1 heterocycles. The van der Waals surface area contributed by atoms with Crippen molar-refractivity contribution in [1.29, 1.82) is 0 Å². The highest BCUT2D eigenvalue weighted by Crippen LogP contribution is 2.27. The Hall–Kier alpha value is -1.65. The van der Waals surface area contributed by atoms with E-state index in [1.54, 1.807) is 16.7 Å². The summed E-state index contributed by atoms with van der Waals surface area (Å²) in [5, 5.41) is 3.54. The number of carbonyl (C=O) groups is 1. The molecule has 2 rings (SSSR count). The fourth-order valence-corrected chi connectivity index (χ4v) is 2.48. The highest BCUT2D eigenvalue weighted by Gasteiger charge is 2.29. The summed E-state index contributed by atoms with van der Waals surface area (Å²) in [6.45, 7) is 1.03. The average Bonchev–Trinajstić information content (AvgIpc) is 2.78. The maximum Gasteiger partial charge on any atom is 0.227 e. The van der Waals surface area contributed by atoms with Crippen LogP contribution in [0.3, 0.4) is 0 Å². The van der Waals surface area contributed by atoms with Crippen molar-refractivity contribution in [3.05, 3.63) is 34.7 Å². The van der Waals surface area contributed by atoms with E-state index >= 15 is 0 Å². The molecule has 94 valence electrons. The number of rotatable bonds is 4. The molecule has 0 saturated carbocycles. The Kier molecular flexibility index (Phi) is 4.12. The molecule has 18 heavy (non-hydrogen) atoms. The predicted octanol–water partition coefficient (Wildman–Crippen LogP) is 3.07. The standard InChI is InChI=1S/C12H14N4OS/c1-18-11-4-2-10(3-5-11)16-8-9(6-12(16)17)7-14-15-13/h2-5,9H,6-8H2,1H3. The van der Waals surface area contributed by atoms with Gasteiger partial charge in [0.25, 0.3) is 0 Å². The summed E-state index contributed by atoms with van der Waals surface area (Å²) in [4.78, 5) is 17.6. The molecule has 1 aromatic carbocycles. The van der Waals surface area contributed by atoms with Gasteiger partial charge in [0.2, 0.25) is 5.91 Å². The summed E-state index contributed by atoms with van der Waals surface area (Å²) in [6, 6.07) is 7.93. The molecule has 5 nitrogen and oxygen atoms in total. The quantitative estimate of drug-likeness (QED) is 0.362. The number of hydrogen-bond acceptors (Lipinski definition) is 3. The maximum absolute atomic E-state index is 11.9. The van der Waals surface area contributed by atoms with Crippen molar-refractivity contribution in [2.75, 3.05) is 24.2 Å². The van der Waals surface area contributed by atoms with E-state index in [1.807, 2.05) is 30.5 Å². The molecule has 1 aliphatic heterocycles. The second-order valence-corrected chi connectivity index (χ2v) is 5.07. The topological polar surface area (TPSA) is 69.1 Å². The van der Waals surface area contributed by atoms with Crippen LogP contribution in [0.5, 0.6) is 0 Å². The first-order valence-electron chi connectivity index (χ1n) is 5.70. The van der Waals surface area contributed by atoms with Crippen molar-refractivity contribution >= 4 is 23.4 Å². The number of anilines is 1. The van der Waals surface area contributed by atoms with Crippen LogP contribution in [0, 0.1) is 5.92 Å². The van der Waals surface area contributed by atoms with Gasteiger partial charge in [0.1, 0.15) is 0 Å². The van der Waals surface area contributed by atoms with Gasteiger partial charge in [0.15, 0.2) is 0 Å². The molecular weight excluding hydrogens is 248 g/mol. The minimum Gasteiger partial charge on any atom is -0.312 e. The molecule has 1 aliphatic rings. The Bertz CT molecular complexity index is 481. The van der Waals surface area contributed by atoms with Gasteiger partial charge < -0.3 is 4.90 Å². The molecule has 0 aromatic heterocycles. The lowest BCUT2D eigenvalue weighted by atomic mass is 10.1. The van der Waals surface area contributed by atoms with E-state index in [9.17, 15) is 4.79 Å². The second kappa shape index (κ2) is 5.80. The van der Waals surface area contributed by atoms with E-state index in [1.165, 1.54) is 4.90 Å². The summed E-state index contributed by atoms with van der Waals surface area (Å²) in [5.41, 5.74) is 9.21. The fraction of sp³-hybridized carbons (Fsp3) is 0.417. The third-order valence-corrected chi connectivity index (χ3v) is 3.74. The fourth-order valence-electron chi connectivity index (χ4n) is 2.07. The van der Waals surface area contributed by atoms with Crippen LogP contribution in [0.15, 0.2) is 34.3 Å². The number of amides is 1. The van der Waals surface area contributed by atoms with E-state index in [4.69, 9.17) is 5.53 Å². The highest BCUT2D eigenvalue weighted by atomic mass is 32.2. The van der Waals surface area contributed by atoms with Gasteiger partial charge in [-0.15, -0.1) is 11.8 Å². The molecule has 1 fully saturated rings. The van der Waals surface area contributed by atoms with E-state index in [2.05, 4.69) is 10.0 Å². The van der Waals surface area contributed by atoms with Crippen LogP contribution in [-0.4, -0.2) is 25.3 Å². The zero-order chi connectivity index (χ0) is 13.0. The molecular formula is C12H14N4OS. The number of benzene rings is 1. The average molecular weight is 262 g/mol. The predicted molar refractivity (Wildman–Crippen MR) is 72.7 cm³/mol. The lowest BCUT2D eigenvalue weighted by Crippen LogP contribution is -2.24. The minimum atomic E-state index is 0.102. The molecule has 0 spiro atoms. The summed E-state index contributed by atoms with van der Waals surface area (Å²) < 4.78 is 0. The number of carbonyl (C=O) groups excluding carboxylic acids is 1. The lowest BCUT2D eigenvalue weighted by Gasteiger charge is -2.16. The van der Waals surface area contributed by atoms with Crippen LogP contribution in [0.1, 0.15) is 6.42 Å². The third-order valence-electron chi connectivity index (χ3n) is 2.99. The Labute approximate surface area is 110 Å². The zero-order valence-electron chi connectivity index (χ0n) is 10.1. The van der Waals surface area contributed by atoms with Crippen molar-refractivity contribution in [2.45, 2.75) is 11.3 Å². The normalized spacial score (nSPS) is 18.8. The number of thioether (sulfide) groups is 1. The number of nitrogens with zero attached hydrogens (tertiary/aromatic N) is 4. The molecule has 1 atom stereocenters. The molecule has 6 heteroatoms. The summed E-state index contributed by atoms with van der Waals surface area (Å²) in [5.74, 6) is 0.235.